The van der Waals surface area contributed by atoms with Crippen LogP contribution in [0.2, 0.25) is 0 Å². The summed E-state index contributed by atoms with van der Waals surface area (Å²) < 4.78 is 49.3. The van der Waals surface area contributed by atoms with Gasteiger partial charge in [0.25, 0.3) is 0 Å². The monoisotopic (exact) mass is 978 g/mol. The number of unbranched alkanes of at least 4 members (excludes halogenated alkanes) is 9. The van der Waals surface area contributed by atoms with E-state index in [1.165, 1.54) is 19.3 Å². The molecule has 1 fully saturated rings. The van der Waals surface area contributed by atoms with Gasteiger partial charge in [-0.15, -0.1) is 0 Å². The molecule has 66 heavy (non-hydrogen) atoms. The van der Waals surface area contributed by atoms with Gasteiger partial charge in [-0.2, -0.15) is 0 Å². The Hall–Kier alpha value is -2.60. The highest BCUT2D eigenvalue weighted by Crippen LogP contribution is 2.49. The van der Waals surface area contributed by atoms with E-state index in [2.05, 4.69) is 54.0 Å². The molecule has 0 bridgehead atoms. The normalized spacial score (nSPS) is 22.6. The van der Waals surface area contributed by atoms with Crippen LogP contribution in [0.1, 0.15) is 149 Å². The van der Waals surface area contributed by atoms with Crippen molar-refractivity contribution < 1.29 is 82.0 Å². The molecule has 0 spiro atoms. The summed E-state index contributed by atoms with van der Waals surface area (Å²) in [6.07, 6.45) is 26.4. The van der Waals surface area contributed by atoms with Gasteiger partial charge in [-0.05, 0) is 83.5 Å². The van der Waals surface area contributed by atoms with Crippen molar-refractivity contribution in [2.45, 2.75) is 198 Å². The van der Waals surface area contributed by atoms with Crippen molar-refractivity contribution in [1.82, 2.24) is 0 Å². The van der Waals surface area contributed by atoms with Gasteiger partial charge in [0.1, 0.15) is 43.2 Å². The van der Waals surface area contributed by atoms with Crippen LogP contribution in [0.25, 0.3) is 0 Å². The van der Waals surface area contributed by atoms with Crippen molar-refractivity contribution in [3.05, 3.63) is 72.9 Å². The fourth-order valence-electron chi connectivity index (χ4n) is 6.65. The van der Waals surface area contributed by atoms with Crippen LogP contribution >= 0.6 is 15.6 Å². The van der Waals surface area contributed by atoms with Crippen molar-refractivity contribution in [3.8, 4) is 0 Å². The number of phosphoric ester groups is 2. The maximum absolute atomic E-state index is 13.0. The number of aliphatic hydroxyl groups is 5. The van der Waals surface area contributed by atoms with Crippen molar-refractivity contribution in [2.24, 2.45) is 0 Å². The lowest BCUT2D eigenvalue weighted by Gasteiger charge is -2.43. The van der Waals surface area contributed by atoms with Gasteiger partial charge in [0.05, 0.1) is 12.7 Å². The van der Waals surface area contributed by atoms with E-state index in [1.54, 1.807) is 0 Å². The lowest BCUT2D eigenvalue weighted by Crippen LogP contribution is -2.64. The number of phosphoric acid groups is 2. The molecule has 1 saturated carbocycles. The molecule has 17 nitrogen and oxygen atoms in total. The van der Waals surface area contributed by atoms with Crippen molar-refractivity contribution >= 4 is 27.6 Å². The van der Waals surface area contributed by atoms with Gasteiger partial charge >= 0.3 is 27.6 Å². The van der Waals surface area contributed by atoms with Crippen LogP contribution in [0, 0.1) is 0 Å². The molecule has 8 N–H and O–H groups in total. The smallest absolute Gasteiger partial charge is 0.462 e. The molecular formula is C47H80O17P2. The zero-order valence-corrected chi connectivity index (χ0v) is 40.7. The Morgan fingerprint density at radius 3 is 1.59 bits per heavy atom. The highest BCUT2D eigenvalue weighted by atomic mass is 31.2. The molecule has 1 aliphatic rings. The molecule has 0 radical (unpaired) electrons. The van der Waals surface area contributed by atoms with Crippen molar-refractivity contribution in [3.63, 3.8) is 0 Å². The summed E-state index contributed by atoms with van der Waals surface area (Å²) in [5, 5.41) is 51.0. The molecule has 1 aliphatic carbocycles. The highest BCUT2D eigenvalue weighted by molar-refractivity contribution is 7.47. The zero-order chi connectivity index (χ0) is 49.1. The summed E-state index contributed by atoms with van der Waals surface area (Å²) in [5.41, 5.74) is 0. The topological polar surface area (TPSA) is 276 Å². The van der Waals surface area contributed by atoms with Crippen molar-refractivity contribution in [2.75, 3.05) is 13.2 Å². The molecule has 19 heteroatoms. The molecule has 0 aliphatic heterocycles. The Morgan fingerprint density at radius 2 is 1.03 bits per heavy atom. The molecule has 6 unspecified atom stereocenters. The number of hydrogen-bond acceptors (Lipinski definition) is 14. The van der Waals surface area contributed by atoms with Crippen LogP contribution in [0.5, 0.6) is 0 Å². The van der Waals surface area contributed by atoms with E-state index < -0.39 is 83.5 Å². The lowest BCUT2D eigenvalue weighted by molar-refractivity contribution is -0.216. The first kappa shape index (κ1) is 61.4. The summed E-state index contributed by atoms with van der Waals surface area (Å²) in [6.45, 7) is 2.81. The molecule has 0 aromatic carbocycles. The third kappa shape index (κ3) is 31.4. The number of ether oxygens (including phenoxy) is 2. The van der Waals surface area contributed by atoms with Gasteiger partial charge in [0, 0.05) is 12.8 Å². The Morgan fingerprint density at radius 1 is 0.545 bits per heavy atom. The van der Waals surface area contributed by atoms with Crippen LogP contribution in [0.4, 0.5) is 0 Å². The molecule has 0 amide bonds. The molecule has 0 aromatic heterocycles. The number of aliphatic hydroxyl groups excluding tert-OH is 5. The maximum Gasteiger partial charge on any atom is 0.472 e. The lowest BCUT2D eigenvalue weighted by atomic mass is 9.85. The predicted octanol–water partition coefficient (Wildman–Crippen LogP) is 7.81. The van der Waals surface area contributed by atoms with Crippen LogP contribution in [0.15, 0.2) is 72.9 Å². The van der Waals surface area contributed by atoms with Crippen LogP contribution in [-0.2, 0) is 41.8 Å². The average molecular weight is 979 g/mol. The van der Waals surface area contributed by atoms with E-state index in [0.29, 0.717) is 25.7 Å². The van der Waals surface area contributed by atoms with E-state index in [9.17, 15) is 49.1 Å². The number of carbonyl (C=O) groups is 2. The SMILES string of the molecule is CCCCC/C=C\C/C=C\CCCCCCCC(=O)O[C@H](COC(=O)CCC/C=C\C/C=C\C/C=C\C/C=C\CC(O)CCC)COP(=O)(O)O[C@H]1C(O)C(O)C(O)[C@@H](OP(=O)(O)O)C1O. The van der Waals surface area contributed by atoms with E-state index in [4.69, 9.17) is 28.3 Å². The van der Waals surface area contributed by atoms with Gasteiger partial charge in [0.15, 0.2) is 6.10 Å². The Labute approximate surface area is 392 Å². The van der Waals surface area contributed by atoms with Crippen LogP contribution in [0.3, 0.4) is 0 Å². The second kappa shape index (κ2) is 37.3. The van der Waals surface area contributed by atoms with Crippen LogP contribution in [-0.4, -0.2) is 114 Å². The Bertz CT molecular complexity index is 1570. The number of hydrogen-bond donors (Lipinski definition) is 8. The minimum absolute atomic E-state index is 0.00533. The van der Waals surface area contributed by atoms with Gasteiger partial charge in [-0.1, -0.05) is 125 Å². The number of esters is 2. The summed E-state index contributed by atoms with van der Waals surface area (Å²) in [7, 11) is -10.7. The predicted molar refractivity (Wildman–Crippen MR) is 252 cm³/mol. The summed E-state index contributed by atoms with van der Waals surface area (Å²) >= 11 is 0. The number of allylic oxidation sites excluding steroid dienone is 11. The average Bonchev–Trinajstić information content (AvgIpc) is 3.26. The van der Waals surface area contributed by atoms with E-state index >= 15 is 0 Å². The molecule has 1 rings (SSSR count). The molecule has 0 heterocycles. The molecule has 0 saturated heterocycles. The molecule has 380 valence electrons. The Balaban J connectivity index is 2.65. The number of carbonyl (C=O) groups excluding carboxylic acids is 2. The first-order valence-electron chi connectivity index (χ1n) is 23.6. The van der Waals surface area contributed by atoms with Crippen molar-refractivity contribution in [1.29, 1.82) is 0 Å². The second-order valence-electron chi connectivity index (χ2n) is 16.3. The first-order valence-corrected chi connectivity index (χ1v) is 26.6. The highest BCUT2D eigenvalue weighted by Gasteiger charge is 2.54. The van der Waals surface area contributed by atoms with Gasteiger partial charge in [-0.3, -0.25) is 23.2 Å². The first-order chi connectivity index (χ1) is 31.5. The molecule has 0 aromatic rings. The maximum atomic E-state index is 13.0. The minimum Gasteiger partial charge on any atom is -0.462 e. The van der Waals surface area contributed by atoms with Gasteiger partial charge in [-0.25, -0.2) is 9.13 Å². The van der Waals surface area contributed by atoms with Crippen LogP contribution < -0.4 is 0 Å². The van der Waals surface area contributed by atoms with Gasteiger partial charge in [0.2, 0.25) is 0 Å². The van der Waals surface area contributed by atoms with E-state index in [-0.39, 0.29) is 18.9 Å². The quantitative estimate of drug-likeness (QED) is 0.0127. The third-order valence-electron chi connectivity index (χ3n) is 10.3. The summed E-state index contributed by atoms with van der Waals surface area (Å²) in [6, 6.07) is 0. The fourth-order valence-corrected chi connectivity index (χ4v) is 8.19. The second-order valence-corrected chi connectivity index (χ2v) is 18.9. The molecular weight excluding hydrogens is 898 g/mol. The van der Waals surface area contributed by atoms with E-state index in [0.717, 1.165) is 77.0 Å². The minimum atomic E-state index is -5.38. The zero-order valence-electron chi connectivity index (χ0n) is 39.0. The standard InChI is InChI=1S/C47H80O17P2/c1-3-5-6-7-8-9-10-11-12-15-19-22-25-28-31-35-41(50)62-39(37-61-66(58,59)64-47-44(53)42(51)43(52)46(45(47)54)63-65(55,56)57)36-60-40(49)34-30-27-24-21-18-16-13-14-17-20-23-26-29-33-38(48)32-4-2/h8-9,11-13,16-17,20-21,24,26,29,38-39,42-48,51-54H,3-7,10,14-15,18-19,22-23,25,27-28,30-37H2,1-2H3,(H,58,59)(H2,55,56,57)/b9-8-,12-11-,16-13-,20-17-,24-21-,29-26-/t38?,39-,42?,43?,44?,45?,46-,47+/m1/s1. The third-order valence-corrected chi connectivity index (χ3v) is 11.8. The summed E-state index contributed by atoms with van der Waals surface area (Å²) in [5.74, 6) is -1.31. The largest absolute Gasteiger partial charge is 0.472 e. The summed E-state index contributed by atoms with van der Waals surface area (Å²) in [4.78, 5) is 54.2. The van der Waals surface area contributed by atoms with E-state index in [1.807, 2.05) is 37.3 Å². The Kier molecular flexibility index (Phi) is 34.7. The van der Waals surface area contributed by atoms with Gasteiger partial charge < -0.3 is 49.7 Å². The fraction of sp³-hybridized carbons (Fsp3) is 0.702. The number of rotatable bonds is 38. The molecule has 9 atom stereocenters.